The highest BCUT2D eigenvalue weighted by atomic mass is 16.2. The maximum absolute atomic E-state index is 12.4. The zero-order valence-electron chi connectivity index (χ0n) is 11.1. The van der Waals surface area contributed by atoms with Gasteiger partial charge >= 0.3 is 0 Å². The van der Waals surface area contributed by atoms with E-state index in [1.165, 1.54) is 0 Å². The summed E-state index contributed by atoms with van der Waals surface area (Å²) in [5, 5.41) is 0. The van der Waals surface area contributed by atoms with E-state index in [4.69, 9.17) is 0 Å². The zero-order chi connectivity index (χ0) is 13.7. The van der Waals surface area contributed by atoms with Gasteiger partial charge < -0.3 is 0 Å². The minimum atomic E-state index is -0.0648. The lowest BCUT2D eigenvalue weighted by Crippen LogP contribution is -2.33. The summed E-state index contributed by atoms with van der Waals surface area (Å²) in [4.78, 5) is 18.2. The summed E-state index contributed by atoms with van der Waals surface area (Å²) < 4.78 is 0. The van der Waals surface area contributed by atoms with Crippen LogP contribution in [0.3, 0.4) is 0 Å². The van der Waals surface area contributed by atoms with Crippen molar-refractivity contribution in [2.24, 2.45) is 4.99 Å². The number of carbonyl (C=O) groups excluding carboxylic acids is 1. The fourth-order valence-electron chi connectivity index (χ4n) is 1.93. The Morgan fingerprint density at radius 3 is 1.84 bits per heavy atom. The molecule has 2 aromatic rings. The SMILES string of the molecule is CN=C(c1ccccc1)N(C)C(=O)c1ccccc1. The molecule has 0 fully saturated rings. The van der Waals surface area contributed by atoms with Crippen LogP contribution >= 0.6 is 0 Å². The average Bonchev–Trinajstić information content (AvgIpc) is 2.49. The average molecular weight is 252 g/mol. The second kappa shape index (κ2) is 5.96. The molecular formula is C16H16N2O. The van der Waals surface area contributed by atoms with Crippen molar-refractivity contribution in [1.82, 2.24) is 4.90 Å². The molecule has 1 amide bonds. The Hall–Kier alpha value is -2.42. The third-order valence-electron chi connectivity index (χ3n) is 2.89. The van der Waals surface area contributed by atoms with Crippen molar-refractivity contribution in [3.05, 3.63) is 71.8 Å². The van der Waals surface area contributed by atoms with Crippen LogP contribution in [0.5, 0.6) is 0 Å². The lowest BCUT2D eigenvalue weighted by Gasteiger charge is -2.19. The van der Waals surface area contributed by atoms with Gasteiger partial charge in [0.1, 0.15) is 5.84 Å². The second-order valence-corrected chi connectivity index (χ2v) is 4.14. The molecule has 0 saturated carbocycles. The van der Waals surface area contributed by atoms with Gasteiger partial charge in [0.2, 0.25) is 0 Å². The highest BCUT2D eigenvalue weighted by Crippen LogP contribution is 2.09. The Kier molecular flexibility index (Phi) is 4.08. The maximum atomic E-state index is 12.4. The molecule has 0 atom stereocenters. The zero-order valence-corrected chi connectivity index (χ0v) is 11.1. The van der Waals surface area contributed by atoms with Crippen LogP contribution in [0.2, 0.25) is 0 Å². The normalized spacial score (nSPS) is 11.2. The minimum Gasteiger partial charge on any atom is -0.296 e. The Morgan fingerprint density at radius 2 is 1.37 bits per heavy atom. The van der Waals surface area contributed by atoms with E-state index in [0.29, 0.717) is 11.4 Å². The van der Waals surface area contributed by atoms with Crippen LogP contribution in [0.15, 0.2) is 65.7 Å². The van der Waals surface area contributed by atoms with Crippen molar-refractivity contribution in [2.75, 3.05) is 14.1 Å². The number of hydrogen-bond donors (Lipinski definition) is 0. The van der Waals surface area contributed by atoms with Crippen LogP contribution < -0.4 is 0 Å². The topological polar surface area (TPSA) is 32.7 Å². The highest BCUT2D eigenvalue weighted by molar-refractivity contribution is 6.12. The molecule has 2 rings (SSSR count). The van der Waals surface area contributed by atoms with Crippen molar-refractivity contribution in [3.8, 4) is 0 Å². The van der Waals surface area contributed by atoms with Crippen LogP contribution in [0.1, 0.15) is 15.9 Å². The van der Waals surface area contributed by atoms with Gasteiger partial charge in [0, 0.05) is 25.2 Å². The standard InChI is InChI=1S/C16H16N2O/c1-17-15(13-9-5-3-6-10-13)18(2)16(19)14-11-7-4-8-12-14/h3-12H,1-2H3. The van der Waals surface area contributed by atoms with Gasteiger partial charge in [0.05, 0.1) is 0 Å². The van der Waals surface area contributed by atoms with Crippen molar-refractivity contribution in [1.29, 1.82) is 0 Å². The smallest absolute Gasteiger partial charge is 0.259 e. The number of carbonyl (C=O) groups is 1. The Morgan fingerprint density at radius 1 is 0.895 bits per heavy atom. The Bertz CT molecular complexity index is 576. The molecule has 3 heteroatoms. The van der Waals surface area contributed by atoms with E-state index in [9.17, 15) is 4.79 Å². The first-order valence-electron chi connectivity index (χ1n) is 6.09. The molecule has 0 aromatic heterocycles. The first-order chi connectivity index (χ1) is 9.24. The summed E-state index contributed by atoms with van der Waals surface area (Å²) in [7, 11) is 3.43. The number of nitrogens with zero attached hydrogens (tertiary/aromatic N) is 2. The fourth-order valence-corrected chi connectivity index (χ4v) is 1.93. The largest absolute Gasteiger partial charge is 0.296 e. The van der Waals surface area contributed by atoms with Gasteiger partial charge in [-0.3, -0.25) is 14.7 Å². The molecule has 0 saturated heterocycles. The van der Waals surface area contributed by atoms with E-state index in [1.807, 2.05) is 48.5 Å². The molecule has 3 nitrogen and oxygen atoms in total. The predicted octanol–water partition coefficient (Wildman–Crippen LogP) is 2.84. The molecule has 0 unspecified atom stereocenters. The lowest BCUT2D eigenvalue weighted by molar-refractivity contribution is 0.0871. The van der Waals surface area contributed by atoms with E-state index in [1.54, 1.807) is 31.1 Å². The van der Waals surface area contributed by atoms with Gasteiger partial charge in [0.15, 0.2) is 0 Å². The molecule has 0 aliphatic carbocycles. The van der Waals surface area contributed by atoms with Crippen LogP contribution in [-0.4, -0.2) is 30.7 Å². The van der Waals surface area contributed by atoms with Crippen molar-refractivity contribution in [2.45, 2.75) is 0 Å². The summed E-state index contributed by atoms with van der Waals surface area (Å²) in [6.45, 7) is 0. The van der Waals surface area contributed by atoms with Crippen molar-refractivity contribution >= 4 is 11.7 Å². The van der Waals surface area contributed by atoms with Gasteiger partial charge in [-0.15, -0.1) is 0 Å². The quantitative estimate of drug-likeness (QED) is 0.597. The molecule has 0 spiro atoms. The van der Waals surface area contributed by atoms with Gasteiger partial charge in [0.25, 0.3) is 5.91 Å². The molecular weight excluding hydrogens is 236 g/mol. The van der Waals surface area contributed by atoms with Gasteiger partial charge in [-0.25, -0.2) is 0 Å². The first-order valence-corrected chi connectivity index (χ1v) is 6.09. The maximum Gasteiger partial charge on any atom is 0.259 e. The molecule has 0 bridgehead atoms. The summed E-state index contributed by atoms with van der Waals surface area (Å²) in [6.07, 6.45) is 0. The number of aliphatic imine (C=N–C) groups is 1. The molecule has 19 heavy (non-hydrogen) atoms. The third-order valence-corrected chi connectivity index (χ3v) is 2.89. The monoisotopic (exact) mass is 252 g/mol. The number of rotatable bonds is 2. The van der Waals surface area contributed by atoms with Crippen LogP contribution in [0.4, 0.5) is 0 Å². The lowest BCUT2D eigenvalue weighted by atomic mass is 10.1. The summed E-state index contributed by atoms with van der Waals surface area (Å²) in [6, 6.07) is 18.9. The van der Waals surface area contributed by atoms with E-state index < -0.39 is 0 Å². The molecule has 0 heterocycles. The molecule has 0 aliphatic heterocycles. The highest BCUT2D eigenvalue weighted by Gasteiger charge is 2.17. The number of benzene rings is 2. The molecule has 96 valence electrons. The summed E-state index contributed by atoms with van der Waals surface area (Å²) >= 11 is 0. The van der Waals surface area contributed by atoms with E-state index in [2.05, 4.69) is 4.99 Å². The van der Waals surface area contributed by atoms with Crippen LogP contribution in [0.25, 0.3) is 0 Å². The number of amides is 1. The first kappa shape index (κ1) is 13.0. The van der Waals surface area contributed by atoms with E-state index >= 15 is 0 Å². The number of amidine groups is 1. The van der Waals surface area contributed by atoms with Gasteiger partial charge in [-0.05, 0) is 12.1 Å². The predicted molar refractivity (Wildman–Crippen MR) is 77.4 cm³/mol. The minimum absolute atomic E-state index is 0.0648. The van der Waals surface area contributed by atoms with Gasteiger partial charge in [-0.2, -0.15) is 0 Å². The van der Waals surface area contributed by atoms with E-state index in [0.717, 1.165) is 5.56 Å². The second-order valence-electron chi connectivity index (χ2n) is 4.14. The number of hydrogen-bond acceptors (Lipinski definition) is 2. The van der Waals surface area contributed by atoms with Crippen molar-refractivity contribution in [3.63, 3.8) is 0 Å². The Balaban J connectivity index is 2.28. The Labute approximate surface area is 113 Å². The fraction of sp³-hybridized carbons (Fsp3) is 0.125. The molecule has 0 N–H and O–H groups in total. The van der Waals surface area contributed by atoms with E-state index in [-0.39, 0.29) is 5.91 Å². The molecule has 0 aliphatic rings. The van der Waals surface area contributed by atoms with Gasteiger partial charge in [-0.1, -0.05) is 48.5 Å². The van der Waals surface area contributed by atoms with Crippen molar-refractivity contribution < 1.29 is 4.79 Å². The van der Waals surface area contributed by atoms with Crippen LogP contribution in [-0.2, 0) is 0 Å². The third kappa shape index (κ3) is 2.88. The molecule has 2 aromatic carbocycles. The summed E-state index contributed by atoms with van der Waals surface area (Å²) in [5.41, 5.74) is 1.58. The molecule has 0 radical (unpaired) electrons. The van der Waals surface area contributed by atoms with Crippen LogP contribution in [0, 0.1) is 0 Å². The summed E-state index contributed by atoms with van der Waals surface area (Å²) in [5.74, 6) is 0.597.